The summed E-state index contributed by atoms with van der Waals surface area (Å²) >= 11 is 0. The van der Waals surface area contributed by atoms with Crippen molar-refractivity contribution in [2.75, 3.05) is 14.2 Å². The molecule has 1 heterocycles. The number of nitrogens with two attached hydrogens (primary N) is 1. The molecule has 6 heteroatoms. The van der Waals surface area contributed by atoms with Crippen LogP contribution in [0.25, 0.3) is 0 Å². The Hall–Kier alpha value is -2.08. The van der Waals surface area contributed by atoms with Gasteiger partial charge in [-0.3, -0.25) is 4.79 Å². The lowest BCUT2D eigenvalue weighted by atomic mass is 9.78. The van der Waals surface area contributed by atoms with Crippen molar-refractivity contribution in [3.63, 3.8) is 0 Å². The molecule has 1 fully saturated rings. The van der Waals surface area contributed by atoms with E-state index < -0.39 is 11.0 Å². The average molecular weight is 331 g/mol. The molecule has 24 heavy (non-hydrogen) atoms. The molecule has 130 valence electrons. The van der Waals surface area contributed by atoms with Crippen LogP contribution >= 0.6 is 0 Å². The summed E-state index contributed by atoms with van der Waals surface area (Å²) in [5, 5.41) is 0. The number of aromatic nitrogens is 2. The van der Waals surface area contributed by atoms with E-state index in [1.165, 1.54) is 0 Å². The first-order chi connectivity index (χ1) is 11.6. The molecule has 2 aliphatic rings. The van der Waals surface area contributed by atoms with E-state index in [0.717, 1.165) is 43.6 Å². The van der Waals surface area contributed by atoms with Crippen LogP contribution in [0.2, 0.25) is 0 Å². The molecule has 2 N–H and O–H groups in total. The molecule has 6 nitrogen and oxygen atoms in total. The van der Waals surface area contributed by atoms with Crippen molar-refractivity contribution < 1.29 is 14.3 Å². The molecule has 2 aliphatic carbocycles. The normalized spacial score (nSPS) is 24.9. The largest absolute Gasteiger partial charge is 0.498 e. The Bertz CT molecular complexity index is 659. The van der Waals surface area contributed by atoms with Gasteiger partial charge in [0.05, 0.1) is 18.9 Å². The van der Waals surface area contributed by atoms with E-state index in [9.17, 15) is 4.79 Å². The quantitative estimate of drug-likeness (QED) is 0.792. The van der Waals surface area contributed by atoms with E-state index >= 15 is 0 Å². The number of allylic oxidation sites excluding steroid dienone is 2. The number of rotatable bonds is 8. The highest BCUT2D eigenvalue weighted by atomic mass is 16.5. The number of imidazole rings is 1. The number of hydrogen-bond acceptors (Lipinski definition) is 4. The smallest absolute Gasteiger partial charge is 0.227 e. The van der Waals surface area contributed by atoms with E-state index in [0.29, 0.717) is 6.42 Å². The van der Waals surface area contributed by atoms with E-state index in [-0.39, 0.29) is 5.91 Å². The van der Waals surface area contributed by atoms with Gasteiger partial charge in [-0.15, -0.1) is 0 Å². The molecule has 1 atom stereocenters. The van der Waals surface area contributed by atoms with Gasteiger partial charge in [-0.1, -0.05) is 11.6 Å². The predicted octanol–water partition coefficient (Wildman–Crippen LogP) is 2.17. The van der Waals surface area contributed by atoms with Crippen LogP contribution in [0.3, 0.4) is 0 Å². The maximum atomic E-state index is 11.9. The SMILES string of the molecule is COC1=CC=C(C2(C(N)=O)CC2)CC1(CCCn1ccnc1)OC. The molecule has 0 aliphatic heterocycles. The van der Waals surface area contributed by atoms with E-state index in [4.69, 9.17) is 15.2 Å². The molecule has 1 aromatic rings. The Balaban J connectivity index is 1.76. The van der Waals surface area contributed by atoms with Crippen molar-refractivity contribution in [2.45, 2.75) is 44.2 Å². The minimum absolute atomic E-state index is 0.230. The highest BCUT2D eigenvalue weighted by molar-refractivity contribution is 5.87. The van der Waals surface area contributed by atoms with Crippen LogP contribution in [0.1, 0.15) is 32.1 Å². The van der Waals surface area contributed by atoms with Gasteiger partial charge in [0.1, 0.15) is 11.4 Å². The maximum Gasteiger partial charge on any atom is 0.227 e. The second-order valence-corrected chi connectivity index (χ2v) is 6.65. The fraction of sp³-hybridized carbons (Fsp3) is 0.556. The molecule has 1 unspecified atom stereocenters. The topological polar surface area (TPSA) is 79.4 Å². The van der Waals surface area contributed by atoms with Gasteiger partial charge >= 0.3 is 0 Å². The molecule has 0 bridgehead atoms. The molecule has 0 spiro atoms. The highest BCUT2D eigenvalue weighted by Gasteiger charge is 2.54. The molecule has 1 amide bonds. The maximum absolute atomic E-state index is 11.9. The number of primary amides is 1. The van der Waals surface area contributed by atoms with Gasteiger partial charge in [0.2, 0.25) is 5.91 Å². The van der Waals surface area contributed by atoms with Gasteiger partial charge in [0.25, 0.3) is 0 Å². The second kappa shape index (κ2) is 6.43. The third-order valence-electron chi connectivity index (χ3n) is 5.36. The molecule has 3 rings (SSSR count). The Kier molecular flexibility index (Phi) is 4.49. The zero-order valence-corrected chi connectivity index (χ0v) is 14.3. The zero-order chi connectivity index (χ0) is 17.2. The fourth-order valence-electron chi connectivity index (χ4n) is 3.67. The lowest BCUT2D eigenvalue weighted by Gasteiger charge is -2.38. The van der Waals surface area contributed by atoms with Crippen LogP contribution in [0.15, 0.2) is 42.2 Å². The minimum atomic E-state index is -0.537. The summed E-state index contributed by atoms with van der Waals surface area (Å²) in [6.45, 7) is 0.863. The lowest BCUT2D eigenvalue weighted by Crippen LogP contribution is -2.40. The standard InChI is InChI=1S/C18H25N3O3/c1-23-15-5-4-14(17(7-8-17)16(19)22)12-18(15,24-2)6-3-10-21-11-9-20-13-21/h4-5,9,11,13H,3,6-8,10,12H2,1-2H3,(H2,19,22). The highest BCUT2D eigenvalue weighted by Crippen LogP contribution is 2.56. The monoisotopic (exact) mass is 331 g/mol. The van der Waals surface area contributed by atoms with Crippen LogP contribution in [-0.4, -0.2) is 35.3 Å². The Morgan fingerprint density at radius 3 is 2.71 bits per heavy atom. The number of methoxy groups -OCH3 is 2. The Morgan fingerprint density at radius 2 is 2.17 bits per heavy atom. The fourth-order valence-corrected chi connectivity index (χ4v) is 3.67. The summed E-state index contributed by atoms with van der Waals surface area (Å²) in [4.78, 5) is 15.9. The third-order valence-corrected chi connectivity index (χ3v) is 5.36. The van der Waals surface area contributed by atoms with Crippen molar-refractivity contribution in [2.24, 2.45) is 11.1 Å². The van der Waals surface area contributed by atoms with Crippen LogP contribution in [0, 0.1) is 5.41 Å². The lowest BCUT2D eigenvalue weighted by molar-refractivity contribution is -0.122. The molecule has 0 aromatic carbocycles. The Morgan fingerprint density at radius 1 is 1.38 bits per heavy atom. The molecule has 1 aromatic heterocycles. The van der Waals surface area contributed by atoms with Crippen molar-refractivity contribution in [1.29, 1.82) is 0 Å². The summed E-state index contributed by atoms with van der Waals surface area (Å²) in [5.41, 5.74) is 5.71. The first-order valence-corrected chi connectivity index (χ1v) is 8.33. The van der Waals surface area contributed by atoms with E-state index in [1.54, 1.807) is 20.4 Å². The van der Waals surface area contributed by atoms with Crippen molar-refractivity contribution in [3.8, 4) is 0 Å². The predicted molar refractivity (Wildman–Crippen MR) is 89.9 cm³/mol. The van der Waals surface area contributed by atoms with Crippen LogP contribution in [-0.2, 0) is 20.8 Å². The average Bonchev–Trinajstić information content (AvgIpc) is 3.25. The first-order valence-electron chi connectivity index (χ1n) is 8.33. The molecule has 0 saturated heterocycles. The van der Waals surface area contributed by atoms with E-state index in [2.05, 4.69) is 4.98 Å². The van der Waals surface area contributed by atoms with Gasteiger partial charge in [0.15, 0.2) is 0 Å². The molecular weight excluding hydrogens is 306 g/mol. The molecule has 0 radical (unpaired) electrons. The van der Waals surface area contributed by atoms with Gasteiger partial charge in [-0.25, -0.2) is 4.98 Å². The van der Waals surface area contributed by atoms with Gasteiger partial charge in [0, 0.05) is 32.5 Å². The summed E-state index contributed by atoms with van der Waals surface area (Å²) in [6, 6.07) is 0. The number of amides is 1. The summed E-state index contributed by atoms with van der Waals surface area (Å²) in [5.74, 6) is 0.575. The number of nitrogens with zero attached hydrogens (tertiary/aromatic N) is 2. The number of ether oxygens (including phenoxy) is 2. The van der Waals surface area contributed by atoms with E-state index in [1.807, 2.05) is 29.2 Å². The van der Waals surface area contributed by atoms with Crippen molar-refractivity contribution in [3.05, 3.63) is 42.2 Å². The summed E-state index contributed by atoms with van der Waals surface area (Å²) < 4.78 is 13.6. The second-order valence-electron chi connectivity index (χ2n) is 6.65. The number of carbonyl (C=O) groups is 1. The van der Waals surface area contributed by atoms with Crippen LogP contribution in [0.4, 0.5) is 0 Å². The number of carbonyl (C=O) groups excluding carboxylic acids is 1. The Labute approximate surface area is 142 Å². The van der Waals surface area contributed by atoms with Crippen molar-refractivity contribution in [1.82, 2.24) is 9.55 Å². The van der Waals surface area contributed by atoms with Crippen molar-refractivity contribution >= 4 is 5.91 Å². The minimum Gasteiger partial charge on any atom is -0.498 e. The zero-order valence-electron chi connectivity index (χ0n) is 14.3. The third kappa shape index (κ3) is 2.86. The number of hydrogen-bond donors (Lipinski definition) is 1. The summed E-state index contributed by atoms with van der Waals surface area (Å²) in [6.07, 6.45) is 13.5. The summed E-state index contributed by atoms with van der Waals surface area (Å²) in [7, 11) is 3.37. The van der Waals surface area contributed by atoms with Crippen LogP contribution < -0.4 is 5.73 Å². The molecule has 1 saturated carbocycles. The van der Waals surface area contributed by atoms with Gasteiger partial charge < -0.3 is 19.8 Å². The van der Waals surface area contributed by atoms with Crippen LogP contribution in [0.5, 0.6) is 0 Å². The van der Waals surface area contributed by atoms with Gasteiger partial charge in [-0.2, -0.15) is 0 Å². The first kappa shape index (κ1) is 16.8. The van der Waals surface area contributed by atoms with Gasteiger partial charge in [-0.05, 0) is 31.8 Å². The molecular formula is C18H25N3O3. The number of aryl methyl sites for hydroxylation is 1.